The van der Waals surface area contributed by atoms with Gasteiger partial charge >= 0.3 is 0 Å². The van der Waals surface area contributed by atoms with E-state index in [4.69, 9.17) is 16.3 Å². The Kier molecular flexibility index (Phi) is 7.48. The lowest BCUT2D eigenvalue weighted by Gasteiger charge is -2.30. The van der Waals surface area contributed by atoms with Crippen molar-refractivity contribution in [2.75, 3.05) is 15.9 Å². The quantitative estimate of drug-likeness (QED) is 0.655. The van der Waals surface area contributed by atoms with E-state index in [2.05, 4.69) is 5.32 Å². The Morgan fingerprint density at radius 2 is 1.93 bits per heavy atom. The zero-order valence-electron chi connectivity index (χ0n) is 16.6. The number of halogens is 2. The average molecular weight is 443 g/mol. The van der Waals surface area contributed by atoms with Gasteiger partial charge in [-0.05, 0) is 50.6 Å². The summed E-state index contributed by atoms with van der Waals surface area (Å²) in [6.45, 7) is 5.46. The van der Waals surface area contributed by atoms with Gasteiger partial charge in [-0.15, -0.1) is 0 Å². The van der Waals surface area contributed by atoms with Crippen molar-refractivity contribution in [3.63, 3.8) is 0 Å². The van der Waals surface area contributed by atoms with E-state index in [1.807, 2.05) is 13.8 Å². The maximum atomic E-state index is 13.5. The Labute approximate surface area is 175 Å². The second-order valence-corrected chi connectivity index (χ2v) is 9.03. The number of carbonyl (C=O) groups is 1. The molecular formula is C20H24ClFN2O4S. The molecule has 1 amide bonds. The van der Waals surface area contributed by atoms with Crippen molar-refractivity contribution in [1.82, 2.24) is 0 Å². The standard InChI is InChI=1S/C20H24ClFN2O4S/c1-5-19(20(25)23-14-7-6-8-16(11-14)28-13(2)3)24(29(4,26)27)15-9-10-18(22)17(21)12-15/h6-13,19H,5H2,1-4H3,(H,23,25)/t19-/m0/s1. The monoisotopic (exact) mass is 442 g/mol. The Morgan fingerprint density at radius 1 is 1.24 bits per heavy atom. The van der Waals surface area contributed by atoms with Crippen LogP contribution in [0.4, 0.5) is 15.8 Å². The summed E-state index contributed by atoms with van der Waals surface area (Å²) in [5.74, 6) is -0.625. The van der Waals surface area contributed by atoms with Crippen molar-refractivity contribution in [3.8, 4) is 5.75 Å². The minimum absolute atomic E-state index is 0.0340. The first kappa shape index (κ1) is 23.0. The molecule has 158 valence electrons. The maximum Gasteiger partial charge on any atom is 0.248 e. The van der Waals surface area contributed by atoms with Gasteiger partial charge in [-0.3, -0.25) is 9.10 Å². The summed E-state index contributed by atoms with van der Waals surface area (Å²) in [4.78, 5) is 12.9. The second kappa shape index (κ2) is 9.45. The number of sulfonamides is 1. The molecule has 0 heterocycles. The summed E-state index contributed by atoms with van der Waals surface area (Å²) < 4.78 is 45.0. The van der Waals surface area contributed by atoms with Crippen LogP contribution in [0.25, 0.3) is 0 Å². The smallest absolute Gasteiger partial charge is 0.248 e. The molecular weight excluding hydrogens is 419 g/mol. The fraction of sp³-hybridized carbons (Fsp3) is 0.350. The first-order valence-corrected chi connectivity index (χ1v) is 11.3. The third kappa shape index (κ3) is 6.08. The molecule has 0 aliphatic rings. The summed E-state index contributed by atoms with van der Waals surface area (Å²) in [6.07, 6.45) is 1.14. The first-order valence-electron chi connectivity index (χ1n) is 9.05. The van der Waals surface area contributed by atoms with Crippen LogP contribution in [0.3, 0.4) is 0 Å². The predicted molar refractivity (Wildman–Crippen MR) is 114 cm³/mol. The summed E-state index contributed by atoms with van der Waals surface area (Å²) in [7, 11) is -3.85. The lowest BCUT2D eigenvalue weighted by molar-refractivity contribution is -0.117. The van der Waals surface area contributed by atoms with Gasteiger partial charge in [-0.1, -0.05) is 24.6 Å². The van der Waals surface area contributed by atoms with Crippen LogP contribution >= 0.6 is 11.6 Å². The van der Waals surface area contributed by atoms with Crippen LogP contribution in [0.1, 0.15) is 27.2 Å². The molecule has 0 radical (unpaired) electrons. The Balaban J connectivity index is 2.35. The summed E-state index contributed by atoms with van der Waals surface area (Å²) in [6, 6.07) is 9.29. The van der Waals surface area contributed by atoms with Gasteiger partial charge in [-0.2, -0.15) is 0 Å². The Hall–Kier alpha value is -2.32. The fourth-order valence-electron chi connectivity index (χ4n) is 2.83. The average Bonchev–Trinajstić information content (AvgIpc) is 2.60. The number of benzene rings is 2. The van der Waals surface area contributed by atoms with Crippen LogP contribution in [0.15, 0.2) is 42.5 Å². The molecule has 2 aromatic carbocycles. The van der Waals surface area contributed by atoms with Gasteiger partial charge in [0.2, 0.25) is 15.9 Å². The Morgan fingerprint density at radius 3 is 2.48 bits per heavy atom. The molecule has 0 unspecified atom stereocenters. The number of ether oxygens (including phenoxy) is 1. The van der Waals surface area contributed by atoms with Crippen molar-refractivity contribution in [3.05, 3.63) is 53.3 Å². The molecule has 0 fully saturated rings. The van der Waals surface area contributed by atoms with Gasteiger partial charge in [0.25, 0.3) is 0 Å². The van der Waals surface area contributed by atoms with E-state index >= 15 is 0 Å². The largest absolute Gasteiger partial charge is 0.491 e. The van der Waals surface area contributed by atoms with E-state index in [1.165, 1.54) is 12.1 Å². The van der Waals surface area contributed by atoms with Crippen molar-refractivity contribution in [1.29, 1.82) is 0 Å². The van der Waals surface area contributed by atoms with Gasteiger partial charge in [0.05, 0.1) is 23.1 Å². The van der Waals surface area contributed by atoms with Crippen molar-refractivity contribution in [2.45, 2.75) is 39.3 Å². The molecule has 0 saturated carbocycles. The zero-order valence-corrected chi connectivity index (χ0v) is 18.2. The highest BCUT2D eigenvalue weighted by Crippen LogP contribution is 2.28. The van der Waals surface area contributed by atoms with Crippen LogP contribution in [0.2, 0.25) is 5.02 Å². The van der Waals surface area contributed by atoms with Crippen LogP contribution in [-0.2, 0) is 14.8 Å². The number of nitrogens with one attached hydrogen (secondary N) is 1. The first-order chi connectivity index (χ1) is 13.5. The highest BCUT2D eigenvalue weighted by Gasteiger charge is 2.32. The maximum absolute atomic E-state index is 13.5. The van der Waals surface area contributed by atoms with E-state index in [-0.39, 0.29) is 23.2 Å². The molecule has 1 atom stereocenters. The molecule has 29 heavy (non-hydrogen) atoms. The van der Waals surface area contributed by atoms with E-state index < -0.39 is 27.8 Å². The van der Waals surface area contributed by atoms with Gasteiger partial charge < -0.3 is 10.1 Å². The third-order valence-corrected chi connectivity index (χ3v) is 5.43. The van der Waals surface area contributed by atoms with Crippen LogP contribution in [-0.4, -0.2) is 32.7 Å². The van der Waals surface area contributed by atoms with Crippen LogP contribution in [0.5, 0.6) is 5.75 Å². The number of rotatable bonds is 8. The number of amides is 1. The van der Waals surface area contributed by atoms with Crippen LogP contribution in [0, 0.1) is 5.82 Å². The molecule has 0 aliphatic heterocycles. The van der Waals surface area contributed by atoms with E-state index in [0.717, 1.165) is 16.6 Å². The topological polar surface area (TPSA) is 75.7 Å². The molecule has 2 aromatic rings. The van der Waals surface area contributed by atoms with E-state index in [0.29, 0.717) is 11.4 Å². The van der Waals surface area contributed by atoms with Gasteiger partial charge in [0.1, 0.15) is 17.6 Å². The number of anilines is 2. The summed E-state index contributed by atoms with van der Waals surface area (Å²) in [5.41, 5.74) is 0.579. The molecule has 0 aromatic heterocycles. The lowest BCUT2D eigenvalue weighted by Crippen LogP contribution is -2.47. The van der Waals surface area contributed by atoms with Gasteiger partial charge in [0, 0.05) is 11.8 Å². The normalized spacial score (nSPS) is 12.5. The molecule has 0 saturated heterocycles. The highest BCUT2D eigenvalue weighted by molar-refractivity contribution is 7.92. The predicted octanol–water partition coefficient (Wildman–Crippen LogP) is 4.45. The lowest BCUT2D eigenvalue weighted by atomic mass is 10.1. The number of nitrogens with zero attached hydrogens (tertiary/aromatic N) is 1. The van der Waals surface area contributed by atoms with Crippen LogP contribution < -0.4 is 14.4 Å². The number of hydrogen-bond donors (Lipinski definition) is 1. The minimum Gasteiger partial charge on any atom is -0.491 e. The molecule has 9 heteroatoms. The SMILES string of the molecule is CC[C@@H](C(=O)Nc1cccc(OC(C)C)c1)N(c1ccc(F)c(Cl)c1)S(C)(=O)=O. The molecule has 2 rings (SSSR count). The molecule has 1 N–H and O–H groups in total. The van der Waals surface area contributed by atoms with Gasteiger partial charge in [-0.25, -0.2) is 12.8 Å². The molecule has 0 aliphatic carbocycles. The zero-order chi connectivity index (χ0) is 21.8. The second-order valence-electron chi connectivity index (χ2n) is 6.76. The van der Waals surface area contributed by atoms with Crippen molar-refractivity contribution >= 4 is 38.9 Å². The summed E-state index contributed by atoms with van der Waals surface area (Å²) >= 11 is 5.81. The number of carbonyl (C=O) groups excluding carboxylic acids is 1. The molecule has 6 nitrogen and oxygen atoms in total. The van der Waals surface area contributed by atoms with Crippen molar-refractivity contribution < 1.29 is 22.3 Å². The van der Waals surface area contributed by atoms with Gasteiger partial charge in [0.15, 0.2) is 0 Å². The van der Waals surface area contributed by atoms with E-state index in [1.54, 1.807) is 31.2 Å². The fourth-order valence-corrected chi connectivity index (χ4v) is 4.21. The molecule has 0 bridgehead atoms. The van der Waals surface area contributed by atoms with Crippen molar-refractivity contribution in [2.24, 2.45) is 0 Å². The highest BCUT2D eigenvalue weighted by atomic mass is 35.5. The van der Waals surface area contributed by atoms with E-state index in [9.17, 15) is 17.6 Å². The third-order valence-electron chi connectivity index (χ3n) is 3.96. The number of hydrogen-bond acceptors (Lipinski definition) is 4. The molecule has 0 spiro atoms. The summed E-state index contributed by atoms with van der Waals surface area (Å²) in [5, 5.41) is 2.49. The Bertz CT molecular complexity index is 982. The minimum atomic E-state index is -3.85.